The summed E-state index contributed by atoms with van der Waals surface area (Å²) in [6, 6.07) is 16.9. The number of likely N-dealkylation sites (N-methyl/N-ethyl adjacent to an activating group) is 1. The molecular weight excluding hydrogens is 441 g/mol. The Morgan fingerprint density at radius 1 is 1.06 bits per heavy atom. The van der Waals surface area contributed by atoms with Gasteiger partial charge in [-0.05, 0) is 59.7 Å². The quantitative estimate of drug-likeness (QED) is 0.302. The summed E-state index contributed by atoms with van der Waals surface area (Å²) in [7, 11) is 3.21. The molecule has 0 aliphatic carbocycles. The lowest BCUT2D eigenvalue weighted by molar-refractivity contribution is -0.114. The van der Waals surface area contributed by atoms with Crippen LogP contribution in [0, 0.1) is 17.7 Å². The zero-order valence-corrected chi connectivity index (χ0v) is 18.7. The number of fused-ring (bicyclic) bond motifs is 1. The van der Waals surface area contributed by atoms with Gasteiger partial charge in [-0.15, -0.1) is 0 Å². The molecule has 0 saturated carbocycles. The molecule has 0 N–H and O–H groups in total. The largest absolute Gasteiger partial charge is 0.497 e. The molecule has 3 aromatic carbocycles. The van der Waals surface area contributed by atoms with E-state index in [9.17, 15) is 14.0 Å². The Labute approximate surface area is 196 Å². The highest BCUT2D eigenvalue weighted by Crippen LogP contribution is 2.31. The second-order valence-electron chi connectivity index (χ2n) is 7.48. The molecule has 1 amide bonds. The Morgan fingerprint density at radius 3 is 2.52 bits per heavy atom. The molecule has 3 aromatic rings. The number of amides is 1. The van der Waals surface area contributed by atoms with Crippen LogP contribution in [0.25, 0.3) is 6.08 Å². The van der Waals surface area contributed by atoms with Crippen LogP contribution in [0.4, 0.5) is 10.1 Å². The van der Waals surface area contributed by atoms with Crippen LogP contribution in [-0.4, -0.2) is 25.8 Å². The van der Waals surface area contributed by atoms with Crippen LogP contribution < -0.4 is 9.64 Å². The molecule has 1 aliphatic heterocycles. The molecule has 6 heteroatoms. The second kappa shape index (κ2) is 9.32. The van der Waals surface area contributed by atoms with Crippen LogP contribution in [0.2, 0.25) is 5.02 Å². The summed E-state index contributed by atoms with van der Waals surface area (Å²) in [5, 5.41) is -0.0289. The van der Waals surface area contributed by atoms with Gasteiger partial charge in [0.15, 0.2) is 0 Å². The maximum atomic E-state index is 13.8. The standard InChI is InChI=1S/C27H19ClFNO3/c1-30-25-13-9-18(5-3-4-17-6-10-20(33-2)11-7-17)14-21(25)26(31)22(27(30)32)15-19-8-12-23(28)24(29)16-19/h6-16H,4H2,1-2H3/b22-15-. The molecule has 0 bridgehead atoms. The molecule has 0 radical (unpaired) electrons. The fraction of sp³-hybridized carbons (Fsp3) is 0.111. The molecule has 164 valence electrons. The van der Waals surface area contributed by atoms with Crippen LogP contribution in [0.1, 0.15) is 27.0 Å². The fourth-order valence-corrected chi connectivity index (χ4v) is 3.63. The third kappa shape index (κ3) is 4.67. The predicted molar refractivity (Wildman–Crippen MR) is 127 cm³/mol. The van der Waals surface area contributed by atoms with Crippen LogP contribution in [0.5, 0.6) is 5.75 Å². The first-order valence-corrected chi connectivity index (χ1v) is 10.5. The maximum absolute atomic E-state index is 13.8. The van der Waals surface area contributed by atoms with Crippen molar-refractivity contribution in [2.45, 2.75) is 6.42 Å². The minimum Gasteiger partial charge on any atom is -0.497 e. The van der Waals surface area contributed by atoms with E-state index in [-0.39, 0.29) is 10.6 Å². The Kier molecular flexibility index (Phi) is 6.30. The van der Waals surface area contributed by atoms with E-state index in [1.165, 1.54) is 23.1 Å². The third-order valence-electron chi connectivity index (χ3n) is 5.32. The van der Waals surface area contributed by atoms with E-state index >= 15 is 0 Å². The van der Waals surface area contributed by atoms with Crippen LogP contribution in [-0.2, 0) is 11.2 Å². The smallest absolute Gasteiger partial charge is 0.262 e. The van der Waals surface area contributed by atoms with Gasteiger partial charge in [-0.2, -0.15) is 0 Å². The molecule has 0 spiro atoms. The molecule has 0 aromatic heterocycles. The molecule has 33 heavy (non-hydrogen) atoms. The molecule has 4 nitrogen and oxygen atoms in total. The summed E-state index contributed by atoms with van der Waals surface area (Å²) in [6.45, 7) is 0. The monoisotopic (exact) mass is 459 g/mol. The van der Waals surface area contributed by atoms with Crippen molar-refractivity contribution in [3.8, 4) is 17.6 Å². The number of rotatable bonds is 3. The Hall–Kier alpha value is -3.88. The van der Waals surface area contributed by atoms with E-state index in [2.05, 4.69) is 11.8 Å². The van der Waals surface area contributed by atoms with E-state index in [0.717, 1.165) is 11.3 Å². The number of nitrogens with zero attached hydrogens (tertiary/aromatic N) is 1. The number of hydrogen-bond donors (Lipinski definition) is 0. The number of ketones is 1. The Morgan fingerprint density at radius 2 is 1.82 bits per heavy atom. The summed E-state index contributed by atoms with van der Waals surface area (Å²) >= 11 is 5.73. The van der Waals surface area contributed by atoms with Gasteiger partial charge in [0.2, 0.25) is 5.78 Å². The van der Waals surface area contributed by atoms with Crippen molar-refractivity contribution in [1.82, 2.24) is 0 Å². The lowest BCUT2D eigenvalue weighted by atomic mass is 9.92. The minimum atomic E-state index is -0.620. The molecule has 0 fully saturated rings. The van der Waals surface area contributed by atoms with Gasteiger partial charge >= 0.3 is 0 Å². The van der Waals surface area contributed by atoms with Gasteiger partial charge in [-0.1, -0.05) is 41.6 Å². The Bertz CT molecular complexity index is 1350. The summed E-state index contributed by atoms with van der Waals surface area (Å²) in [5.74, 6) is 5.46. The molecule has 1 aliphatic rings. The van der Waals surface area contributed by atoms with E-state index in [0.29, 0.717) is 28.8 Å². The van der Waals surface area contributed by atoms with Crippen molar-refractivity contribution >= 4 is 35.1 Å². The first-order chi connectivity index (χ1) is 15.9. The highest BCUT2D eigenvalue weighted by atomic mass is 35.5. The van der Waals surface area contributed by atoms with Crippen molar-refractivity contribution in [3.05, 3.63) is 99.3 Å². The van der Waals surface area contributed by atoms with Crippen LogP contribution in [0.15, 0.2) is 66.2 Å². The normalized spacial score (nSPS) is 14.1. The number of benzene rings is 3. The number of ether oxygens (including phenoxy) is 1. The zero-order chi connectivity index (χ0) is 23.5. The first kappa shape index (κ1) is 22.3. The van der Waals surface area contributed by atoms with Gasteiger partial charge in [0.1, 0.15) is 11.6 Å². The van der Waals surface area contributed by atoms with Crippen LogP contribution in [0.3, 0.4) is 0 Å². The lowest BCUT2D eigenvalue weighted by Gasteiger charge is -2.26. The number of halogens is 2. The molecular formula is C27H19ClFNO3. The summed E-state index contributed by atoms with van der Waals surface area (Å²) < 4.78 is 19.0. The van der Waals surface area contributed by atoms with Crippen LogP contribution >= 0.6 is 11.6 Å². The van der Waals surface area contributed by atoms with E-state index in [1.807, 2.05) is 24.3 Å². The SMILES string of the molecule is COc1ccc(CC#Cc2ccc3c(c2)C(=O)/C(=C/c2ccc(Cl)c(F)c2)C(=O)N3C)cc1. The minimum absolute atomic E-state index is 0.0289. The molecule has 4 rings (SSSR count). The number of anilines is 1. The molecule has 0 saturated heterocycles. The number of carbonyl (C=O) groups is 2. The summed E-state index contributed by atoms with van der Waals surface area (Å²) in [6.07, 6.45) is 1.92. The predicted octanol–water partition coefficient (Wildman–Crippen LogP) is 5.32. The van der Waals surface area contributed by atoms with Gasteiger partial charge in [0.25, 0.3) is 5.91 Å². The van der Waals surface area contributed by atoms with Gasteiger partial charge in [0.05, 0.1) is 23.4 Å². The van der Waals surface area contributed by atoms with E-state index < -0.39 is 17.5 Å². The molecule has 0 unspecified atom stereocenters. The summed E-state index contributed by atoms with van der Waals surface area (Å²) in [5.41, 5.74) is 2.91. The number of methoxy groups -OCH3 is 1. The van der Waals surface area contributed by atoms with Gasteiger partial charge in [-0.3, -0.25) is 9.59 Å². The fourth-order valence-electron chi connectivity index (χ4n) is 3.51. The topological polar surface area (TPSA) is 46.6 Å². The highest BCUT2D eigenvalue weighted by Gasteiger charge is 2.32. The zero-order valence-electron chi connectivity index (χ0n) is 18.0. The van der Waals surface area contributed by atoms with Crippen molar-refractivity contribution in [2.24, 2.45) is 0 Å². The lowest BCUT2D eigenvalue weighted by Crippen LogP contribution is -2.36. The van der Waals surface area contributed by atoms with E-state index in [1.54, 1.807) is 38.4 Å². The molecule has 1 heterocycles. The third-order valence-corrected chi connectivity index (χ3v) is 5.63. The van der Waals surface area contributed by atoms with Crippen molar-refractivity contribution in [2.75, 3.05) is 19.1 Å². The number of hydrogen-bond acceptors (Lipinski definition) is 3. The first-order valence-electron chi connectivity index (χ1n) is 10.1. The van der Waals surface area contributed by atoms with Crippen molar-refractivity contribution in [1.29, 1.82) is 0 Å². The summed E-state index contributed by atoms with van der Waals surface area (Å²) in [4.78, 5) is 27.3. The van der Waals surface area contributed by atoms with E-state index in [4.69, 9.17) is 16.3 Å². The average Bonchev–Trinajstić information content (AvgIpc) is 2.83. The van der Waals surface area contributed by atoms with Gasteiger partial charge in [-0.25, -0.2) is 4.39 Å². The average molecular weight is 460 g/mol. The maximum Gasteiger partial charge on any atom is 0.262 e. The number of carbonyl (C=O) groups excluding carboxylic acids is 2. The number of Topliss-reactive ketones (excluding diaryl/α,β-unsaturated/α-hetero) is 1. The highest BCUT2D eigenvalue weighted by molar-refractivity contribution is 6.36. The second-order valence-corrected chi connectivity index (χ2v) is 7.89. The van der Waals surface area contributed by atoms with Gasteiger partial charge in [0, 0.05) is 24.6 Å². The Balaban J connectivity index is 1.62. The van der Waals surface area contributed by atoms with Crippen molar-refractivity contribution < 1.29 is 18.7 Å². The van der Waals surface area contributed by atoms with Crippen molar-refractivity contribution in [3.63, 3.8) is 0 Å². The van der Waals surface area contributed by atoms with Gasteiger partial charge < -0.3 is 9.64 Å². The molecule has 0 atom stereocenters.